The Labute approximate surface area is 80.9 Å². The van der Waals surface area contributed by atoms with Gasteiger partial charge in [0.1, 0.15) is 12.2 Å². The van der Waals surface area contributed by atoms with E-state index in [1.54, 1.807) is 0 Å². The second kappa shape index (κ2) is 4.41. The van der Waals surface area contributed by atoms with Crippen LogP contribution in [0.5, 0.6) is 0 Å². The largest absolute Gasteiger partial charge is 0.387 e. The van der Waals surface area contributed by atoms with Crippen LogP contribution in [0, 0.1) is 6.61 Å². The average molecular weight is 202 g/mol. The minimum absolute atomic E-state index is 0.356. The fraction of sp³-hybridized carbons (Fsp3) is 0.625. The lowest BCUT2D eigenvalue weighted by Gasteiger charge is -2.27. The molecule has 0 spiro atoms. The minimum atomic E-state index is -1.32. The molecule has 1 saturated heterocycles. The Kier molecular flexibility index (Phi) is 3.45. The van der Waals surface area contributed by atoms with Gasteiger partial charge < -0.3 is 20.3 Å². The summed E-state index contributed by atoms with van der Waals surface area (Å²) in [5.41, 5.74) is 0. The number of hydrogen-bond acceptors (Lipinski definition) is 5. The summed E-state index contributed by atoms with van der Waals surface area (Å²) in [6.07, 6.45) is -3.24. The van der Waals surface area contributed by atoms with Gasteiger partial charge in [-0.1, -0.05) is 0 Å². The van der Waals surface area contributed by atoms with Gasteiger partial charge in [0.05, 0.1) is 0 Å². The maximum atomic E-state index is 10.7. The standard InChI is InChI=1S/C8H11NO5/c1-4(11)9-5-3-14-6(2-10)8(13)7(5)12/h2-3,5-8,12-13H,1H3/p+1/t5-,6+,7+,8+/m0/s1. The predicted molar refractivity (Wildman–Crippen MR) is 44.9 cm³/mol. The van der Waals surface area contributed by atoms with Crippen molar-refractivity contribution in [2.75, 3.05) is 0 Å². The summed E-state index contributed by atoms with van der Waals surface area (Å²) in [7, 11) is 0. The Morgan fingerprint density at radius 3 is 2.64 bits per heavy atom. The number of carbonyl (C=O) groups excluding carboxylic acids is 2. The van der Waals surface area contributed by atoms with Crippen LogP contribution < -0.4 is 5.32 Å². The van der Waals surface area contributed by atoms with E-state index < -0.39 is 24.4 Å². The Balaban J connectivity index is 2.59. The second-order valence-corrected chi connectivity index (χ2v) is 3.08. The summed E-state index contributed by atoms with van der Waals surface area (Å²) in [5.74, 6) is -0.356. The molecule has 0 aliphatic carbocycles. The topological polar surface area (TPSA) is 95.9 Å². The Bertz CT molecular complexity index is 232. The summed E-state index contributed by atoms with van der Waals surface area (Å²) >= 11 is 0. The number of rotatable bonds is 2. The first-order chi connectivity index (χ1) is 6.56. The number of amides is 1. The molecule has 0 bridgehead atoms. The molecule has 1 aliphatic heterocycles. The molecule has 1 amide bonds. The summed E-state index contributed by atoms with van der Waals surface area (Å²) in [6.45, 7) is 2.41. The van der Waals surface area contributed by atoms with Crippen molar-refractivity contribution in [2.45, 2.75) is 31.3 Å². The van der Waals surface area contributed by atoms with Crippen LogP contribution in [0.3, 0.4) is 0 Å². The third-order valence-corrected chi connectivity index (χ3v) is 1.94. The summed E-state index contributed by atoms with van der Waals surface area (Å²) in [5, 5.41) is 21.2. The highest BCUT2D eigenvalue weighted by Crippen LogP contribution is 2.16. The maximum Gasteiger partial charge on any atom is 0.255 e. The zero-order valence-electron chi connectivity index (χ0n) is 7.58. The van der Waals surface area contributed by atoms with Gasteiger partial charge in [-0.25, -0.2) is 0 Å². The molecule has 78 valence electrons. The van der Waals surface area contributed by atoms with Crippen molar-refractivity contribution in [2.24, 2.45) is 0 Å². The highest BCUT2D eigenvalue weighted by molar-refractivity contribution is 5.73. The van der Waals surface area contributed by atoms with Crippen molar-refractivity contribution in [1.82, 2.24) is 5.32 Å². The summed E-state index contributed by atoms with van der Waals surface area (Å²) < 4.78 is 4.81. The van der Waals surface area contributed by atoms with Gasteiger partial charge in [0.25, 0.3) is 6.61 Å². The van der Waals surface area contributed by atoms with Crippen LogP contribution in [0.1, 0.15) is 6.92 Å². The fourth-order valence-electron chi connectivity index (χ4n) is 1.21. The smallest absolute Gasteiger partial charge is 0.255 e. The van der Waals surface area contributed by atoms with Crippen LogP contribution in [0.2, 0.25) is 0 Å². The molecule has 0 aromatic rings. The molecule has 0 unspecified atom stereocenters. The van der Waals surface area contributed by atoms with Crippen LogP contribution in [0.15, 0.2) is 0 Å². The second-order valence-electron chi connectivity index (χ2n) is 3.08. The Morgan fingerprint density at radius 1 is 1.50 bits per heavy atom. The number of nitrogens with one attached hydrogen (secondary N) is 1. The van der Waals surface area contributed by atoms with Crippen molar-refractivity contribution in [1.29, 1.82) is 0 Å². The number of aldehydes is 1. The fourth-order valence-corrected chi connectivity index (χ4v) is 1.21. The minimum Gasteiger partial charge on any atom is -0.387 e. The van der Waals surface area contributed by atoms with E-state index in [-0.39, 0.29) is 5.91 Å². The molecule has 0 aromatic carbocycles. The van der Waals surface area contributed by atoms with Gasteiger partial charge >= 0.3 is 0 Å². The van der Waals surface area contributed by atoms with E-state index in [9.17, 15) is 19.8 Å². The molecule has 3 N–H and O–H groups in total. The number of aliphatic hydroxyl groups excluding tert-OH is 2. The molecule has 1 heterocycles. The van der Waals surface area contributed by atoms with E-state index >= 15 is 0 Å². The van der Waals surface area contributed by atoms with Crippen molar-refractivity contribution in [3.63, 3.8) is 0 Å². The van der Waals surface area contributed by atoms with E-state index in [2.05, 4.69) is 5.32 Å². The van der Waals surface area contributed by atoms with Crippen molar-refractivity contribution in [3.05, 3.63) is 6.61 Å². The molecule has 14 heavy (non-hydrogen) atoms. The van der Waals surface area contributed by atoms with Crippen molar-refractivity contribution in [3.8, 4) is 0 Å². The first-order valence-electron chi connectivity index (χ1n) is 4.13. The number of aliphatic hydroxyl groups is 2. The lowest BCUT2D eigenvalue weighted by molar-refractivity contribution is -0.147. The van der Waals surface area contributed by atoms with Crippen LogP contribution in [0.25, 0.3) is 0 Å². The van der Waals surface area contributed by atoms with E-state index in [1.165, 1.54) is 6.92 Å². The van der Waals surface area contributed by atoms with Gasteiger partial charge in [-0.05, 0) is 0 Å². The van der Waals surface area contributed by atoms with E-state index in [1.807, 2.05) is 0 Å². The van der Waals surface area contributed by atoms with Crippen LogP contribution in [0.4, 0.5) is 0 Å². The molecule has 6 nitrogen and oxygen atoms in total. The highest BCUT2D eigenvalue weighted by Gasteiger charge is 2.45. The summed E-state index contributed by atoms with van der Waals surface area (Å²) in [4.78, 5) is 21.0. The van der Waals surface area contributed by atoms with E-state index in [4.69, 9.17) is 4.74 Å². The van der Waals surface area contributed by atoms with Crippen LogP contribution in [-0.2, 0) is 14.3 Å². The number of ether oxygens (including phenoxy) is 1. The molecule has 1 fully saturated rings. The molecular weight excluding hydrogens is 190 g/mol. The van der Waals surface area contributed by atoms with Crippen LogP contribution in [-0.4, -0.2) is 46.8 Å². The highest BCUT2D eigenvalue weighted by atomic mass is 16.5. The first-order valence-corrected chi connectivity index (χ1v) is 4.13. The molecule has 0 radical (unpaired) electrons. The number of hydrogen-bond donors (Lipinski definition) is 3. The molecular formula is C8H12NO5+. The predicted octanol–water partition coefficient (Wildman–Crippen LogP) is -2.03. The zero-order chi connectivity index (χ0) is 10.7. The quantitative estimate of drug-likeness (QED) is 0.354. The van der Waals surface area contributed by atoms with E-state index in [0.717, 1.165) is 6.61 Å². The molecule has 0 aromatic heterocycles. The lowest BCUT2D eigenvalue weighted by Crippen LogP contribution is -2.57. The lowest BCUT2D eigenvalue weighted by atomic mass is 9.99. The molecule has 0 saturated carbocycles. The molecule has 6 heteroatoms. The van der Waals surface area contributed by atoms with Gasteiger partial charge in [-0.2, -0.15) is 4.74 Å². The third-order valence-electron chi connectivity index (χ3n) is 1.94. The first kappa shape index (κ1) is 11.0. The SMILES string of the molecule is CC(=O)N[C@H]1[CH+]O[C@H](C=O)[C@@H](O)[C@@H]1O. The van der Waals surface area contributed by atoms with Crippen LogP contribution >= 0.6 is 0 Å². The summed E-state index contributed by atoms with van der Waals surface area (Å²) in [6, 6.07) is -0.793. The van der Waals surface area contributed by atoms with Gasteiger partial charge in [0.15, 0.2) is 12.4 Å². The van der Waals surface area contributed by atoms with Gasteiger partial charge in [-0.15, -0.1) is 0 Å². The van der Waals surface area contributed by atoms with E-state index in [0.29, 0.717) is 6.29 Å². The zero-order valence-corrected chi connectivity index (χ0v) is 7.58. The van der Waals surface area contributed by atoms with Crippen molar-refractivity contribution < 1.29 is 24.5 Å². The normalized spacial score (nSPS) is 37.1. The molecule has 4 atom stereocenters. The van der Waals surface area contributed by atoms with Gasteiger partial charge in [0.2, 0.25) is 11.9 Å². The van der Waals surface area contributed by atoms with Crippen molar-refractivity contribution >= 4 is 12.2 Å². The molecule has 1 rings (SSSR count). The number of carbonyl (C=O) groups is 2. The molecule has 1 aliphatic rings. The van der Waals surface area contributed by atoms with Gasteiger partial charge in [0, 0.05) is 6.92 Å². The maximum absolute atomic E-state index is 10.7. The van der Waals surface area contributed by atoms with Gasteiger partial charge in [-0.3, -0.25) is 4.79 Å². The average Bonchev–Trinajstić information content (AvgIpc) is 2.13. The third kappa shape index (κ3) is 2.22. The Hall–Kier alpha value is -1.11. The monoisotopic (exact) mass is 202 g/mol. The Morgan fingerprint density at radius 2 is 2.14 bits per heavy atom.